The van der Waals surface area contributed by atoms with Crippen LogP contribution in [0.3, 0.4) is 0 Å². The standard InChI is InChI=1S/C26H34N4O5/c1-33-23-16-21(8-9-22(23)35-19-25(31)34-2)26(32)30-11-5-6-20(18-30)17-28-12-14-29(15-13-28)24-7-3-4-10-27-24/h3-4,7-10,16,20H,5-6,11-15,17-19H2,1-2H3. The van der Waals surface area contributed by atoms with Crippen LogP contribution in [0.4, 0.5) is 5.82 Å². The number of anilines is 1. The number of esters is 1. The summed E-state index contributed by atoms with van der Waals surface area (Å²) in [6.07, 6.45) is 3.98. The first-order chi connectivity index (χ1) is 17.1. The molecule has 2 saturated heterocycles. The zero-order valence-corrected chi connectivity index (χ0v) is 20.5. The fraction of sp³-hybridized carbons (Fsp3) is 0.500. The summed E-state index contributed by atoms with van der Waals surface area (Å²) in [5.74, 6) is 1.82. The molecule has 0 bridgehead atoms. The maximum atomic E-state index is 13.3. The molecule has 1 unspecified atom stereocenters. The summed E-state index contributed by atoms with van der Waals surface area (Å²) in [6.45, 7) is 6.24. The summed E-state index contributed by atoms with van der Waals surface area (Å²) < 4.78 is 15.5. The number of carbonyl (C=O) groups is 2. The summed E-state index contributed by atoms with van der Waals surface area (Å²) in [4.78, 5) is 35.9. The summed E-state index contributed by atoms with van der Waals surface area (Å²) in [5.41, 5.74) is 0.553. The molecular formula is C26H34N4O5. The number of benzene rings is 1. The van der Waals surface area contributed by atoms with Crippen LogP contribution in [0.25, 0.3) is 0 Å². The monoisotopic (exact) mass is 482 g/mol. The van der Waals surface area contributed by atoms with Crippen LogP contribution in [0.15, 0.2) is 42.6 Å². The van der Waals surface area contributed by atoms with Crippen molar-refractivity contribution in [3.63, 3.8) is 0 Å². The number of pyridine rings is 1. The van der Waals surface area contributed by atoms with E-state index in [1.54, 1.807) is 18.2 Å². The third-order valence-electron chi connectivity index (χ3n) is 6.65. The smallest absolute Gasteiger partial charge is 0.343 e. The van der Waals surface area contributed by atoms with Gasteiger partial charge in [-0.15, -0.1) is 0 Å². The van der Waals surface area contributed by atoms with Crippen LogP contribution in [-0.2, 0) is 9.53 Å². The van der Waals surface area contributed by atoms with Crippen LogP contribution in [-0.4, -0.2) is 93.3 Å². The van der Waals surface area contributed by atoms with Crippen LogP contribution < -0.4 is 14.4 Å². The molecule has 4 rings (SSSR count). The van der Waals surface area contributed by atoms with Crippen LogP contribution in [0.5, 0.6) is 11.5 Å². The van der Waals surface area contributed by atoms with E-state index in [1.165, 1.54) is 14.2 Å². The molecule has 1 amide bonds. The number of aromatic nitrogens is 1. The average molecular weight is 483 g/mol. The van der Waals surface area contributed by atoms with Gasteiger partial charge in [0.15, 0.2) is 18.1 Å². The quantitative estimate of drug-likeness (QED) is 0.530. The van der Waals surface area contributed by atoms with Crippen molar-refractivity contribution in [1.82, 2.24) is 14.8 Å². The summed E-state index contributed by atoms with van der Waals surface area (Å²) in [5, 5.41) is 0. The van der Waals surface area contributed by atoms with Crippen molar-refractivity contribution in [3.8, 4) is 11.5 Å². The zero-order chi connectivity index (χ0) is 24.6. The molecule has 0 aliphatic carbocycles. The number of carbonyl (C=O) groups excluding carboxylic acids is 2. The zero-order valence-electron chi connectivity index (χ0n) is 20.5. The Morgan fingerprint density at radius 1 is 1.03 bits per heavy atom. The molecule has 2 aliphatic heterocycles. The maximum Gasteiger partial charge on any atom is 0.343 e. The Balaban J connectivity index is 1.31. The molecule has 2 aliphatic rings. The topological polar surface area (TPSA) is 84.4 Å². The number of hydrogen-bond acceptors (Lipinski definition) is 8. The number of likely N-dealkylation sites (tertiary alicyclic amines) is 1. The van der Waals surface area contributed by atoms with Gasteiger partial charge in [0.2, 0.25) is 0 Å². The Hall–Kier alpha value is -3.33. The summed E-state index contributed by atoms with van der Waals surface area (Å²) in [6, 6.07) is 11.1. The van der Waals surface area contributed by atoms with E-state index in [4.69, 9.17) is 9.47 Å². The van der Waals surface area contributed by atoms with Gasteiger partial charge in [-0.1, -0.05) is 6.07 Å². The number of piperazine rings is 1. The number of nitrogens with zero attached hydrogens (tertiary/aromatic N) is 4. The lowest BCUT2D eigenvalue weighted by Gasteiger charge is -2.39. The van der Waals surface area contributed by atoms with Gasteiger partial charge < -0.3 is 24.0 Å². The number of methoxy groups -OCH3 is 2. The molecule has 3 heterocycles. The molecule has 9 nitrogen and oxygen atoms in total. The van der Waals surface area contributed by atoms with Gasteiger partial charge in [0, 0.05) is 57.6 Å². The van der Waals surface area contributed by atoms with Crippen LogP contribution in [0, 0.1) is 5.92 Å². The third-order valence-corrected chi connectivity index (χ3v) is 6.65. The van der Waals surface area contributed by atoms with Gasteiger partial charge >= 0.3 is 5.97 Å². The highest BCUT2D eigenvalue weighted by Crippen LogP contribution is 2.29. The predicted octanol–water partition coefficient (Wildman–Crippen LogP) is 2.32. The highest BCUT2D eigenvalue weighted by molar-refractivity contribution is 5.95. The van der Waals surface area contributed by atoms with E-state index in [0.717, 1.165) is 64.5 Å². The summed E-state index contributed by atoms with van der Waals surface area (Å²) >= 11 is 0. The maximum absolute atomic E-state index is 13.3. The van der Waals surface area contributed by atoms with Gasteiger partial charge in [-0.2, -0.15) is 0 Å². The van der Waals surface area contributed by atoms with Crippen molar-refractivity contribution in [2.75, 3.05) is 71.5 Å². The molecule has 2 fully saturated rings. The minimum absolute atomic E-state index is 0.00695. The van der Waals surface area contributed by atoms with E-state index >= 15 is 0 Å². The minimum atomic E-state index is -0.482. The fourth-order valence-electron chi connectivity index (χ4n) is 4.76. The average Bonchev–Trinajstić information content (AvgIpc) is 2.92. The highest BCUT2D eigenvalue weighted by atomic mass is 16.6. The number of amides is 1. The molecule has 0 N–H and O–H groups in total. The minimum Gasteiger partial charge on any atom is -0.493 e. The Kier molecular flexibility index (Phi) is 8.41. The van der Waals surface area contributed by atoms with Gasteiger partial charge in [0.1, 0.15) is 5.82 Å². The number of ether oxygens (including phenoxy) is 3. The van der Waals surface area contributed by atoms with Crippen LogP contribution >= 0.6 is 0 Å². The van der Waals surface area contributed by atoms with E-state index in [-0.39, 0.29) is 12.5 Å². The third kappa shape index (κ3) is 6.42. The molecule has 1 atom stereocenters. The Bertz CT molecular complexity index is 994. The Labute approximate surface area is 206 Å². The van der Waals surface area contributed by atoms with Crippen molar-refractivity contribution in [3.05, 3.63) is 48.2 Å². The van der Waals surface area contributed by atoms with E-state index in [9.17, 15) is 9.59 Å². The van der Waals surface area contributed by atoms with Gasteiger partial charge in [-0.3, -0.25) is 9.69 Å². The first-order valence-electron chi connectivity index (χ1n) is 12.1. The lowest BCUT2D eigenvalue weighted by Crippen LogP contribution is -2.50. The molecule has 188 valence electrons. The van der Waals surface area contributed by atoms with Gasteiger partial charge in [0.25, 0.3) is 5.91 Å². The molecule has 0 spiro atoms. The van der Waals surface area contributed by atoms with Gasteiger partial charge in [0.05, 0.1) is 14.2 Å². The van der Waals surface area contributed by atoms with Crippen molar-refractivity contribution in [2.45, 2.75) is 12.8 Å². The van der Waals surface area contributed by atoms with Crippen LogP contribution in [0.2, 0.25) is 0 Å². The second-order valence-corrected chi connectivity index (χ2v) is 8.97. The molecule has 0 saturated carbocycles. The SMILES string of the molecule is COC(=O)COc1ccc(C(=O)N2CCCC(CN3CCN(c4ccccn4)CC3)C2)cc1OC. The second-order valence-electron chi connectivity index (χ2n) is 8.97. The molecule has 0 radical (unpaired) electrons. The lowest BCUT2D eigenvalue weighted by atomic mass is 9.96. The fourth-order valence-corrected chi connectivity index (χ4v) is 4.76. The number of hydrogen-bond donors (Lipinski definition) is 0. The number of rotatable bonds is 8. The molecule has 9 heteroatoms. The van der Waals surface area contributed by atoms with E-state index in [0.29, 0.717) is 23.0 Å². The number of piperidine rings is 1. The van der Waals surface area contributed by atoms with Crippen LogP contribution in [0.1, 0.15) is 23.2 Å². The normalized spacial score (nSPS) is 18.7. The van der Waals surface area contributed by atoms with E-state index < -0.39 is 5.97 Å². The van der Waals surface area contributed by atoms with E-state index in [2.05, 4.69) is 25.6 Å². The van der Waals surface area contributed by atoms with Gasteiger partial charge in [-0.25, -0.2) is 9.78 Å². The molecule has 35 heavy (non-hydrogen) atoms. The van der Waals surface area contributed by atoms with Crippen molar-refractivity contribution in [2.24, 2.45) is 5.92 Å². The first kappa shape index (κ1) is 24.8. The first-order valence-corrected chi connectivity index (χ1v) is 12.1. The van der Waals surface area contributed by atoms with Crippen molar-refractivity contribution < 1.29 is 23.8 Å². The molecule has 2 aromatic rings. The van der Waals surface area contributed by atoms with Gasteiger partial charge in [-0.05, 0) is 49.1 Å². The Morgan fingerprint density at radius 2 is 1.86 bits per heavy atom. The Morgan fingerprint density at radius 3 is 2.57 bits per heavy atom. The predicted molar refractivity (Wildman–Crippen MR) is 132 cm³/mol. The highest BCUT2D eigenvalue weighted by Gasteiger charge is 2.28. The molecular weight excluding hydrogens is 448 g/mol. The lowest BCUT2D eigenvalue weighted by molar-refractivity contribution is -0.142. The largest absolute Gasteiger partial charge is 0.493 e. The molecule has 1 aromatic carbocycles. The van der Waals surface area contributed by atoms with Crippen molar-refractivity contribution in [1.29, 1.82) is 0 Å². The molecule has 1 aromatic heterocycles. The second kappa shape index (κ2) is 11.9. The van der Waals surface area contributed by atoms with Crippen molar-refractivity contribution >= 4 is 17.7 Å². The summed E-state index contributed by atoms with van der Waals surface area (Å²) in [7, 11) is 2.82. The van der Waals surface area contributed by atoms with E-state index in [1.807, 2.05) is 23.2 Å².